The molecule has 2 aromatic rings. The van der Waals surface area contributed by atoms with Crippen LogP contribution in [0.2, 0.25) is 0 Å². The molecule has 0 aliphatic heterocycles. The van der Waals surface area contributed by atoms with Crippen LogP contribution in [0.5, 0.6) is 11.5 Å². The molecule has 0 unspecified atom stereocenters. The highest BCUT2D eigenvalue weighted by molar-refractivity contribution is 6.05. The fourth-order valence-corrected chi connectivity index (χ4v) is 1.66. The Morgan fingerprint density at radius 2 is 1.84 bits per heavy atom. The Morgan fingerprint density at radius 1 is 1.21 bits per heavy atom. The van der Waals surface area contributed by atoms with Gasteiger partial charge in [0, 0.05) is 29.6 Å². The minimum Gasteiger partial charge on any atom is -0.497 e. The van der Waals surface area contributed by atoms with Crippen molar-refractivity contribution in [1.29, 1.82) is 0 Å². The second-order valence-electron chi connectivity index (χ2n) is 3.96. The first-order valence-electron chi connectivity index (χ1n) is 5.68. The Labute approximate surface area is 110 Å². The minimum absolute atomic E-state index is 0.235. The molecule has 0 saturated carbocycles. The highest BCUT2D eigenvalue weighted by atomic mass is 16.5. The van der Waals surface area contributed by atoms with Gasteiger partial charge in [-0.1, -0.05) is 0 Å². The van der Waals surface area contributed by atoms with Crippen LogP contribution in [0.15, 0.2) is 24.4 Å². The van der Waals surface area contributed by atoms with Crippen LogP contribution in [0.1, 0.15) is 16.1 Å². The summed E-state index contributed by atoms with van der Waals surface area (Å²) in [7, 11) is 3.11. The number of amides is 1. The summed E-state index contributed by atoms with van der Waals surface area (Å²) in [6, 6.07) is 5.17. The van der Waals surface area contributed by atoms with E-state index in [1.54, 1.807) is 39.3 Å². The number of carbonyl (C=O) groups is 1. The van der Waals surface area contributed by atoms with Crippen LogP contribution in [0, 0.1) is 6.92 Å². The van der Waals surface area contributed by atoms with Crippen LogP contribution < -0.4 is 14.8 Å². The number of methoxy groups -OCH3 is 2. The number of nitrogens with one attached hydrogen (secondary N) is 2. The standard InChI is InChI=1S/C13H15N3O3/c1-8-12(7-14-16-8)13(17)15-9-4-10(18-2)6-11(5-9)19-3/h4-7H,1-3H3,(H,14,16)(H,15,17). The SMILES string of the molecule is COc1cc(NC(=O)c2cn[nH]c2C)cc(OC)c1. The van der Waals surface area contributed by atoms with E-state index in [4.69, 9.17) is 9.47 Å². The van der Waals surface area contributed by atoms with Crippen molar-refractivity contribution < 1.29 is 14.3 Å². The normalized spacial score (nSPS) is 10.1. The first-order chi connectivity index (χ1) is 9.13. The largest absolute Gasteiger partial charge is 0.497 e. The highest BCUT2D eigenvalue weighted by Crippen LogP contribution is 2.26. The van der Waals surface area contributed by atoms with Gasteiger partial charge in [-0.15, -0.1) is 0 Å². The number of aromatic amines is 1. The van der Waals surface area contributed by atoms with Crippen molar-refractivity contribution in [2.24, 2.45) is 0 Å². The summed E-state index contributed by atoms with van der Waals surface area (Å²) in [5.41, 5.74) is 1.82. The van der Waals surface area contributed by atoms with Gasteiger partial charge in [0.1, 0.15) is 11.5 Å². The van der Waals surface area contributed by atoms with Crippen LogP contribution in [0.3, 0.4) is 0 Å². The third-order valence-corrected chi connectivity index (χ3v) is 2.68. The van der Waals surface area contributed by atoms with Crippen molar-refractivity contribution in [2.45, 2.75) is 6.92 Å². The third-order valence-electron chi connectivity index (χ3n) is 2.68. The minimum atomic E-state index is -0.235. The molecule has 0 saturated heterocycles. The zero-order valence-corrected chi connectivity index (χ0v) is 11.0. The number of nitrogens with zero attached hydrogens (tertiary/aromatic N) is 1. The van der Waals surface area contributed by atoms with Crippen LogP contribution in [-0.4, -0.2) is 30.3 Å². The number of ether oxygens (including phenoxy) is 2. The maximum atomic E-state index is 12.0. The summed E-state index contributed by atoms with van der Waals surface area (Å²) in [6.07, 6.45) is 1.49. The van der Waals surface area contributed by atoms with Crippen LogP contribution in [0.4, 0.5) is 5.69 Å². The molecule has 1 amide bonds. The van der Waals surface area contributed by atoms with E-state index >= 15 is 0 Å². The zero-order chi connectivity index (χ0) is 13.8. The van der Waals surface area contributed by atoms with E-state index in [0.717, 1.165) is 0 Å². The lowest BCUT2D eigenvalue weighted by Gasteiger charge is -2.09. The Hall–Kier alpha value is -2.50. The number of rotatable bonds is 4. The van der Waals surface area contributed by atoms with Gasteiger partial charge < -0.3 is 14.8 Å². The molecule has 0 radical (unpaired) electrons. The molecular weight excluding hydrogens is 246 g/mol. The quantitative estimate of drug-likeness (QED) is 0.882. The molecule has 0 spiro atoms. The molecular formula is C13H15N3O3. The van der Waals surface area contributed by atoms with Crippen LogP contribution in [-0.2, 0) is 0 Å². The first kappa shape index (κ1) is 12.9. The molecule has 6 nitrogen and oxygen atoms in total. The topological polar surface area (TPSA) is 76.2 Å². The molecule has 100 valence electrons. The fraction of sp³-hybridized carbons (Fsp3) is 0.231. The van der Waals surface area contributed by atoms with Crippen LogP contribution in [0.25, 0.3) is 0 Å². The first-order valence-corrected chi connectivity index (χ1v) is 5.68. The van der Waals surface area contributed by atoms with Crippen molar-refractivity contribution in [2.75, 3.05) is 19.5 Å². The van der Waals surface area contributed by atoms with Gasteiger partial charge in [-0.2, -0.15) is 5.10 Å². The number of carbonyl (C=O) groups excluding carboxylic acids is 1. The number of aryl methyl sites for hydroxylation is 1. The molecule has 0 atom stereocenters. The van der Waals surface area contributed by atoms with Crippen molar-refractivity contribution in [1.82, 2.24) is 10.2 Å². The number of aromatic nitrogens is 2. The molecule has 19 heavy (non-hydrogen) atoms. The predicted octanol–water partition coefficient (Wildman–Crippen LogP) is 1.99. The number of hydrogen-bond acceptors (Lipinski definition) is 4. The Kier molecular flexibility index (Phi) is 3.70. The molecule has 2 rings (SSSR count). The summed E-state index contributed by atoms with van der Waals surface area (Å²) in [4.78, 5) is 12.0. The average Bonchev–Trinajstić information content (AvgIpc) is 2.84. The van der Waals surface area contributed by atoms with E-state index in [-0.39, 0.29) is 5.91 Å². The van der Waals surface area contributed by atoms with Crippen molar-refractivity contribution in [3.8, 4) is 11.5 Å². The molecule has 0 bridgehead atoms. The monoisotopic (exact) mass is 261 g/mol. The van der Waals surface area contributed by atoms with Crippen molar-refractivity contribution in [3.05, 3.63) is 35.7 Å². The Morgan fingerprint density at radius 3 is 2.32 bits per heavy atom. The average molecular weight is 261 g/mol. The van der Waals surface area contributed by atoms with Gasteiger partial charge in [-0.05, 0) is 6.92 Å². The van der Waals surface area contributed by atoms with Gasteiger partial charge in [-0.25, -0.2) is 0 Å². The number of anilines is 1. The molecule has 0 aliphatic carbocycles. The predicted molar refractivity (Wildman–Crippen MR) is 70.8 cm³/mol. The van der Waals surface area contributed by atoms with E-state index < -0.39 is 0 Å². The molecule has 1 aromatic heterocycles. The molecule has 2 N–H and O–H groups in total. The number of H-pyrrole nitrogens is 1. The maximum absolute atomic E-state index is 12.0. The van der Waals surface area contributed by atoms with E-state index in [1.165, 1.54) is 6.20 Å². The summed E-state index contributed by atoms with van der Waals surface area (Å²) in [5, 5.41) is 9.31. The summed E-state index contributed by atoms with van der Waals surface area (Å²) < 4.78 is 10.3. The lowest BCUT2D eigenvalue weighted by Crippen LogP contribution is -2.12. The van der Waals surface area contributed by atoms with Gasteiger partial charge >= 0.3 is 0 Å². The zero-order valence-electron chi connectivity index (χ0n) is 11.0. The van der Waals surface area contributed by atoms with E-state index in [2.05, 4.69) is 15.5 Å². The highest BCUT2D eigenvalue weighted by Gasteiger charge is 2.12. The van der Waals surface area contributed by atoms with Crippen molar-refractivity contribution in [3.63, 3.8) is 0 Å². The molecule has 0 fully saturated rings. The third kappa shape index (κ3) is 2.85. The van der Waals surface area contributed by atoms with E-state index in [1.807, 2.05) is 0 Å². The molecule has 6 heteroatoms. The number of hydrogen-bond donors (Lipinski definition) is 2. The van der Waals surface area contributed by atoms with E-state index in [9.17, 15) is 4.79 Å². The Balaban J connectivity index is 2.23. The maximum Gasteiger partial charge on any atom is 0.259 e. The smallest absolute Gasteiger partial charge is 0.259 e. The summed E-state index contributed by atoms with van der Waals surface area (Å²) >= 11 is 0. The van der Waals surface area contributed by atoms with Crippen molar-refractivity contribution >= 4 is 11.6 Å². The molecule has 0 aliphatic rings. The fourth-order valence-electron chi connectivity index (χ4n) is 1.66. The van der Waals surface area contributed by atoms with Gasteiger partial charge in [-0.3, -0.25) is 9.89 Å². The molecule has 1 aromatic carbocycles. The number of benzene rings is 1. The Bertz CT molecular complexity index is 570. The lowest BCUT2D eigenvalue weighted by molar-refractivity contribution is 0.102. The van der Waals surface area contributed by atoms with Gasteiger partial charge in [0.05, 0.1) is 26.0 Å². The second-order valence-corrected chi connectivity index (χ2v) is 3.96. The lowest BCUT2D eigenvalue weighted by atomic mass is 10.2. The van der Waals surface area contributed by atoms with Gasteiger partial charge in [0.2, 0.25) is 0 Å². The van der Waals surface area contributed by atoms with Crippen LogP contribution >= 0.6 is 0 Å². The summed E-state index contributed by atoms with van der Waals surface area (Å²) in [6.45, 7) is 1.79. The van der Waals surface area contributed by atoms with Gasteiger partial charge in [0.15, 0.2) is 0 Å². The molecule has 1 heterocycles. The summed E-state index contributed by atoms with van der Waals surface area (Å²) in [5.74, 6) is 0.985. The van der Waals surface area contributed by atoms with E-state index in [0.29, 0.717) is 28.4 Å². The van der Waals surface area contributed by atoms with Gasteiger partial charge in [0.25, 0.3) is 5.91 Å². The second kappa shape index (κ2) is 5.43.